The Labute approximate surface area is 194 Å². The third-order valence-electron chi connectivity index (χ3n) is 7.96. The molecule has 2 aromatic carbocycles. The number of nitrogens with one attached hydrogen (secondary N) is 2. The SMILES string of the molecule is O=C1[C@H]2[C@H]3CCC[NH+]3[C@@]3(C(=O)Nc4ccc(Cl)cc43)[C@@H]2C(=O)N1c1ccc2c(c1)OCCO2. The summed E-state index contributed by atoms with van der Waals surface area (Å²) in [6, 6.07) is 10.3. The van der Waals surface area contributed by atoms with Gasteiger partial charge >= 0.3 is 0 Å². The van der Waals surface area contributed by atoms with Gasteiger partial charge in [-0.05, 0) is 30.3 Å². The van der Waals surface area contributed by atoms with E-state index in [-0.39, 0.29) is 23.8 Å². The van der Waals surface area contributed by atoms with Gasteiger partial charge in [0.25, 0.3) is 5.91 Å². The molecule has 1 spiro atoms. The molecule has 0 aliphatic carbocycles. The van der Waals surface area contributed by atoms with E-state index in [1.165, 1.54) is 4.90 Å². The number of quaternary nitrogens is 1. The van der Waals surface area contributed by atoms with E-state index in [9.17, 15) is 14.4 Å². The van der Waals surface area contributed by atoms with Crippen molar-refractivity contribution >= 4 is 40.7 Å². The number of anilines is 2. The fraction of sp³-hybridized carbons (Fsp3) is 0.375. The molecule has 0 saturated carbocycles. The number of rotatable bonds is 1. The van der Waals surface area contributed by atoms with Crippen molar-refractivity contribution in [3.63, 3.8) is 0 Å². The summed E-state index contributed by atoms with van der Waals surface area (Å²) in [6.07, 6.45) is 1.70. The lowest BCUT2D eigenvalue weighted by molar-refractivity contribution is -0.948. The van der Waals surface area contributed by atoms with Crippen molar-refractivity contribution in [1.29, 1.82) is 0 Å². The number of hydrogen-bond acceptors (Lipinski definition) is 5. The van der Waals surface area contributed by atoms with Crippen LogP contribution in [0.5, 0.6) is 11.5 Å². The largest absolute Gasteiger partial charge is 0.486 e. The van der Waals surface area contributed by atoms with Crippen molar-refractivity contribution in [3.8, 4) is 11.5 Å². The van der Waals surface area contributed by atoms with Crippen molar-refractivity contribution in [2.24, 2.45) is 11.8 Å². The maximum atomic E-state index is 14.0. The summed E-state index contributed by atoms with van der Waals surface area (Å²) in [4.78, 5) is 43.7. The maximum Gasteiger partial charge on any atom is 0.291 e. The van der Waals surface area contributed by atoms with Crippen LogP contribution in [0.4, 0.5) is 11.4 Å². The van der Waals surface area contributed by atoms with Gasteiger partial charge in [0, 0.05) is 29.5 Å². The Morgan fingerprint density at radius 2 is 1.85 bits per heavy atom. The zero-order valence-electron chi connectivity index (χ0n) is 17.6. The van der Waals surface area contributed by atoms with E-state index in [1.54, 1.807) is 36.4 Å². The molecule has 7 rings (SSSR count). The number of fused-ring (bicyclic) bond motifs is 8. The summed E-state index contributed by atoms with van der Waals surface area (Å²) in [5.41, 5.74) is 0.686. The van der Waals surface area contributed by atoms with Gasteiger partial charge in [-0.1, -0.05) is 11.6 Å². The molecule has 0 aromatic heterocycles. The number of ether oxygens (including phenoxy) is 2. The van der Waals surface area contributed by atoms with E-state index >= 15 is 0 Å². The van der Waals surface area contributed by atoms with E-state index in [0.717, 1.165) is 29.8 Å². The number of nitrogens with zero attached hydrogens (tertiary/aromatic N) is 1. The van der Waals surface area contributed by atoms with Crippen LogP contribution in [0, 0.1) is 11.8 Å². The molecule has 9 heteroatoms. The van der Waals surface area contributed by atoms with Crippen LogP contribution < -0.4 is 24.6 Å². The number of amides is 3. The van der Waals surface area contributed by atoms with Crippen LogP contribution in [0.25, 0.3) is 0 Å². The Balaban J connectivity index is 1.39. The molecule has 0 radical (unpaired) electrons. The van der Waals surface area contributed by atoms with Gasteiger partial charge in [0.05, 0.1) is 17.9 Å². The molecule has 5 aliphatic rings. The number of hydrogen-bond donors (Lipinski definition) is 2. The summed E-state index contributed by atoms with van der Waals surface area (Å²) in [5, 5.41) is 3.48. The van der Waals surface area contributed by atoms with Crippen LogP contribution >= 0.6 is 11.6 Å². The van der Waals surface area contributed by atoms with Gasteiger partial charge in [-0.2, -0.15) is 0 Å². The van der Waals surface area contributed by atoms with Crippen LogP contribution in [-0.4, -0.2) is 43.5 Å². The van der Waals surface area contributed by atoms with E-state index < -0.39 is 17.4 Å². The smallest absolute Gasteiger partial charge is 0.291 e. The first-order chi connectivity index (χ1) is 16.0. The predicted molar refractivity (Wildman–Crippen MR) is 118 cm³/mol. The monoisotopic (exact) mass is 466 g/mol. The second-order valence-corrected chi connectivity index (χ2v) is 9.76. The first kappa shape index (κ1) is 19.4. The molecule has 0 bridgehead atoms. The summed E-state index contributed by atoms with van der Waals surface area (Å²) in [7, 11) is 0. The lowest BCUT2D eigenvalue weighted by Gasteiger charge is -2.33. The van der Waals surface area contributed by atoms with Gasteiger partial charge in [0.15, 0.2) is 11.5 Å². The summed E-state index contributed by atoms with van der Waals surface area (Å²) >= 11 is 6.34. The number of benzene rings is 2. The lowest BCUT2D eigenvalue weighted by atomic mass is 9.75. The molecule has 33 heavy (non-hydrogen) atoms. The van der Waals surface area contributed by atoms with Crippen LogP contribution in [-0.2, 0) is 19.9 Å². The minimum Gasteiger partial charge on any atom is -0.486 e. The number of carbonyl (C=O) groups excluding carboxylic acids is 3. The van der Waals surface area contributed by atoms with Gasteiger partial charge in [-0.3, -0.25) is 14.4 Å². The normalized spacial score (nSPS) is 33.4. The molecule has 3 fully saturated rings. The molecule has 3 amide bonds. The molecular formula is C24H21ClN3O5+. The fourth-order valence-corrected chi connectivity index (χ4v) is 7.03. The van der Waals surface area contributed by atoms with E-state index in [2.05, 4.69) is 5.32 Å². The van der Waals surface area contributed by atoms with Crippen molar-refractivity contribution < 1.29 is 28.8 Å². The minimum atomic E-state index is -1.15. The highest BCUT2D eigenvalue weighted by atomic mass is 35.5. The highest BCUT2D eigenvalue weighted by Crippen LogP contribution is 2.53. The van der Waals surface area contributed by atoms with E-state index in [0.29, 0.717) is 41.1 Å². The number of carbonyl (C=O) groups is 3. The summed E-state index contributed by atoms with van der Waals surface area (Å²) in [6.45, 7) is 1.60. The Morgan fingerprint density at radius 1 is 1.03 bits per heavy atom. The first-order valence-electron chi connectivity index (χ1n) is 11.3. The van der Waals surface area contributed by atoms with Crippen LogP contribution in [0.1, 0.15) is 18.4 Å². The van der Waals surface area contributed by atoms with E-state index in [4.69, 9.17) is 21.1 Å². The minimum absolute atomic E-state index is 0.0932. The zero-order valence-corrected chi connectivity index (χ0v) is 18.4. The topological polar surface area (TPSA) is 89.4 Å². The second kappa shape index (κ2) is 6.48. The van der Waals surface area contributed by atoms with Crippen molar-refractivity contribution in [2.75, 3.05) is 30.0 Å². The van der Waals surface area contributed by atoms with Gasteiger partial charge < -0.3 is 19.7 Å². The average Bonchev–Trinajstić information content (AvgIpc) is 3.52. The Bertz CT molecular complexity index is 1260. The van der Waals surface area contributed by atoms with Crippen LogP contribution in [0.15, 0.2) is 36.4 Å². The fourth-order valence-electron chi connectivity index (χ4n) is 6.86. The molecule has 8 nitrogen and oxygen atoms in total. The molecule has 5 aliphatic heterocycles. The highest BCUT2D eigenvalue weighted by molar-refractivity contribution is 6.31. The lowest BCUT2D eigenvalue weighted by Crippen LogP contribution is -3.19. The van der Waals surface area contributed by atoms with Gasteiger partial charge in [0.1, 0.15) is 31.1 Å². The Morgan fingerprint density at radius 3 is 2.70 bits per heavy atom. The molecule has 2 N–H and O–H groups in total. The van der Waals surface area contributed by atoms with Gasteiger partial charge in [0.2, 0.25) is 17.4 Å². The highest BCUT2D eigenvalue weighted by Gasteiger charge is 2.78. The van der Waals surface area contributed by atoms with Crippen LogP contribution in [0.3, 0.4) is 0 Å². The third kappa shape index (κ3) is 2.27. The van der Waals surface area contributed by atoms with Crippen molar-refractivity contribution in [1.82, 2.24) is 0 Å². The second-order valence-electron chi connectivity index (χ2n) is 9.32. The standard InChI is InChI=1S/C24H20ClN3O5/c25-12-3-5-15-14(10-12)24(23(31)26-15)20-19(16-2-1-7-27(16)24)21(29)28(22(20)30)13-4-6-17-18(11-13)33-9-8-32-17/h3-6,10-11,16,19-20H,1-2,7-9H2,(H,26,31)/p+1/t16-,19+,20+,24-/m1/s1. The van der Waals surface area contributed by atoms with E-state index in [1.807, 2.05) is 0 Å². The Hall–Kier alpha value is -3.10. The van der Waals surface area contributed by atoms with Crippen molar-refractivity contribution in [2.45, 2.75) is 24.4 Å². The molecule has 3 saturated heterocycles. The molecule has 2 aromatic rings. The molecule has 168 valence electrons. The van der Waals surface area contributed by atoms with Crippen LogP contribution in [0.2, 0.25) is 5.02 Å². The van der Waals surface area contributed by atoms with Gasteiger partial charge in [-0.15, -0.1) is 0 Å². The van der Waals surface area contributed by atoms with Crippen molar-refractivity contribution in [3.05, 3.63) is 47.0 Å². The number of halogens is 1. The first-order valence-corrected chi connectivity index (χ1v) is 11.6. The number of imide groups is 1. The molecule has 1 unspecified atom stereocenters. The summed E-state index contributed by atoms with van der Waals surface area (Å²) in [5.74, 6) is -1.05. The molecule has 5 heterocycles. The zero-order chi connectivity index (χ0) is 22.5. The molecule has 5 atom stereocenters. The quantitative estimate of drug-likeness (QED) is 0.615. The predicted octanol–water partition coefficient (Wildman–Crippen LogP) is 1.13. The molecular weight excluding hydrogens is 446 g/mol. The maximum absolute atomic E-state index is 14.0. The third-order valence-corrected chi connectivity index (χ3v) is 8.20. The average molecular weight is 467 g/mol. The summed E-state index contributed by atoms with van der Waals surface area (Å²) < 4.78 is 11.3. The Kier molecular flexibility index (Phi) is 3.81. The van der Waals surface area contributed by atoms with Gasteiger partial charge in [-0.25, -0.2) is 4.90 Å².